The van der Waals surface area contributed by atoms with E-state index in [4.69, 9.17) is 11.6 Å². The monoisotopic (exact) mass is 384 g/mol. The Labute approximate surface area is 160 Å². The van der Waals surface area contributed by atoms with Crippen molar-refractivity contribution in [2.24, 2.45) is 0 Å². The highest BCUT2D eigenvalue weighted by Crippen LogP contribution is 2.39. The Balaban J connectivity index is 1.48. The normalized spacial score (nSPS) is 14.8. The lowest BCUT2D eigenvalue weighted by Crippen LogP contribution is -2.26. The van der Waals surface area contributed by atoms with Crippen LogP contribution in [0.2, 0.25) is 5.02 Å². The lowest BCUT2D eigenvalue weighted by molar-refractivity contribution is 0.0940. The third-order valence-corrected chi connectivity index (χ3v) is 5.41. The fourth-order valence-electron chi connectivity index (χ4n) is 2.69. The number of pyridine rings is 1. The summed E-state index contributed by atoms with van der Waals surface area (Å²) in [7, 11) is 0. The molecule has 0 unspecified atom stereocenters. The Morgan fingerprint density at radius 3 is 2.92 bits per heavy atom. The Morgan fingerprint density at radius 1 is 1.31 bits per heavy atom. The van der Waals surface area contributed by atoms with Gasteiger partial charge < -0.3 is 5.32 Å². The number of nitrogens with zero attached hydrogens (tertiary/aromatic N) is 3. The summed E-state index contributed by atoms with van der Waals surface area (Å²) in [6.45, 7) is 1.90. The van der Waals surface area contributed by atoms with Gasteiger partial charge in [-0.1, -0.05) is 17.7 Å². The Hall–Kier alpha value is -2.31. The van der Waals surface area contributed by atoms with Crippen LogP contribution in [0.15, 0.2) is 42.6 Å². The molecule has 1 aliphatic rings. The van der Waals surface area contributed by atoms with Crippen LogP contribution in [0.5, 0.6) is 0 Å². The highest BCUT2D eigenvalue weighted by Gasteiger charge is 2.25. The molecule has 4 rings (SSSR count). The molecule has 2 heterocycles. The molecule has 0 saturated heterocycles. The maximum absolute atomic E-state index is 12.4. The smallest absolute Gasteiger partial charge is 0.251 e. The molecule has 1 amide bonds. The lowest BCUT2D eigenvalue weighted by atomic mass is 10.1. The number of carbonyl (C=O) groups excluding carboxylic acids is 1. The van der Waals surface area contributed by atoms with Crippen LogP contribution in [0.3, 0.4) is 0 Å². The number of aromatic nitrogens is 3. The summed E-state index contributed by atoms with van der Waals surface area (Å²) < 4.78 is 4.45. The molecular weight excluding hydrogens is 368 g/mol. The fourth-order valence-corrected chi connectivity index (χ4v) is 3.55. The van der Waals surface area contributed by atoms with Crippen molar-refractivity contribution in [3.63, 3.8) is 0 Å². The van der Waals surface area contributed by atoms with Crippen LogP contribution in [0, 0.1) is 0 Å². The first-order chi connectivity index (χ1) is 12.6. The number of hydrogen-bond acceptors (Lipinski definition) is 5. The molecule has 1 atom stereocenters. The van der Waals surface area contributed by atoms with Gasteiger partial charge in [0.05, 0.1) is 6.04 Å². The highest BCUT2D eigenvalue weighted by molar-refractivity contribution is 7.05. The van der Waals surface area contributed by atoms with E-state index in [9.17, 15) is 4.79 Å². The fraction of sp³-hybridized carbons (Fsp3) is 0.263. The van der Waals surface area contributed by atoms with Crippen molar-refractivity contribution >= 4 is 29.0 Å². The van der Waals surface area contributed by atoms with Crippen LogP contribution in [0.1, 0.15) is 52.8 Å². The molecular formula is C19H17ClN4OS. The molecule has 3 aromatic rings. The predicted octanol–water partition coefficient (Wildman–Crippen LogP) is 4.62. The van der Waals surface area contributed by atoms with E-state index in [1.807, 2.05) is 19.2 Å². The van der Waals surface area contributed by atoms with E-state index >= 15 is 0 Å². The van der Waals surface area contributed by atoms with Crippen molar-refractivity contribution in [3.05, 3.63) is 63.9 Å². The molecule has 0 aliphatic heterocycles. The van der Waals surface area contributed by atoms with E-state index in [1.165, 1.54) is 24.4 Å². The SMILES string of the molecule is C[C@H](NC(=O)c1cccc(Cl)c1)c1nc(-c2ccnc(C3CC3)c2)ns1. The summed E-state index contributed by atoms with van der Waals surface area (Å²) in [6.07, 6.45) is 4.23. The maximum atomic E-state index is 12.4. The van der Waals surface area contributed by atoms with Crippen LogP contribution in [0.4, 0.5) is 0 Å². The zero-order chi connectivity index (χ0) is 18.1. The summed E-state index contributed by atoms with van der Waals surface area (Å²) in [5, 5.41) is 4.24. The Kier molecular flexibility index (Phi) is 4.70. The van der Waals surface area contributed by atoms with Gasteiger partial charge in [-0.05, 0) is 61.6 Å². The summed E-state index contributed by atoms with van der Waals surface area (Å²) in [6, 6.07) is 10.6. The van der Waals surface area contributed by atoms with E-state index in [1.54, 1.807) is 24.3 Å². The standard InChI is InChI=1S/C19H17ClN4OS/c1-11(22-18(25)14-3-2-4-15(20)9-14)19-23-17(24-26-19)13-7-8-21-16(10-13)12-5-6-12/h2-4,7-12H,5-6H2,1H3,(H,22,25)/t11-/m0/s1. The van der Waals surface area contributed by atoms with Gasteiger partial charge in [0, 0.05) is 34.0 Å². The van der Waals surface area contributed by atoms with Crippen molar-refractivity contribution in [3.8, 4) is 11.4 Å². The van der Waals surface area contributed by atoms with Gasteiger partial charge in [-0.15, -0.1) is 0 Å². The van der Waals surface area contributed by atoms with Crippen LogP contribution in [0.25, 0.3) is 11.4 Å². The number of halogens is 1. The zero-order valence-electron chi connectivity index (χ0n) is 14.1. The van der Waals surface area contributed by atoms with Crippen molar-refractivity contribution in [1.29, 1.82) is 0 Å². The van der Waals surface area contributed by atoms with Crippen LogP contribution >= 0.6 is 23.1 Å². The van der Waals surface area contributed by atoms with Gasteiger partial charge in [-0.3, -0.25) is 9.78 Å². The first kappa shape index (κ1) is 17.1. The summed E-state index contributed by atoms with van der Waals surface area (Å²) in [4.78, 5) is 21.4. The minimum Gasteiger partial charge on any atom is -0.343 e. The molecule has 0 bridgehead atoms. The molecule has 1 fully saturated rings. The largest absolute Gasteiger partial charge is 0.343 e. The second-order valence-corrected chi connectivity index (χ2v) is 7.63. The molecule has 1 saturated carbocycles. The molecule has 1 aliphatic carbocycles. The van der Waals surface area contributed by atoms with Crippen molar-refractivity contribution in [1.82, 2.24) is 19.7 Å². The molecule has 132 valence electrons. The second kappa shape index (κ2) is 7.13. The van der Waals surface area contributed by atoms with Gasteiger partial charge in [-0.2, -0.15) is 4.37 Å². The molecule has 0 spiro atoms. The average Bonchev–Trinajstić information content (AvgIpc) is 3.38. The predicted molar refractivity (Wildman–Crippen MR) is 102 cm³/mol. The number of nitrogens with one attached hydrogen (secondary N) is 1. The van der Waals surface area contributed by atoms with Gasteiger partial charge >= 0.3 is 0 Å². The third-order valence-electron chi connectivity index (χ3n) is 4.28. The average molecular weight is 385 g/mol. The minimum atomic E-state index is -0.238. The first-order valence-corrected chi connectivity index (χ1v) is 9.61. The molecule has 26 heavy (non-hydrogen) atoms. The van der Waals surface area contributed by atoms with Crippen molar-refractivity contribution in [2.75, 3.05) is 0 Å². The number of carbonyl (C=O) groups is 1. The van der Waals surface area contributed by atoms with Gasteiger partial charge in [0.1, 0.15) is 5.01 Å². The number of rotatable bonds is 5. The first-order valence-electron chi connectivity index (χ1n) is 8.46. The van der Waals surface area contributed by atoms with E-state index in [0.29, 0.717) is 22.3 Å². The van der Waals surface area contributed by atoms with Gasteiger partial charge in [-0.25, -0.2) is 4.98 Å². The van der Waals surface area contributed by atoms with Crippen molar-refractivity contribution in [2.45, 2.75) is 31.7 Å². The molecule has 2 aromatic heterocycles. The van der Waals surface area contributed by atoms with E-state index < -0.39 is 0 Å². The quantitative estimate of drug-likeness (QED) is 0.696. The molecule has 1 N–H and O–H groups in total. The van der Waals surface area contributed by atoms with Crippen LogP contribution < -0.4 is 5.32 Å². The topological polar surface area (TPSA) is 67.8 Å². The molecule has 7 heteroatoms. The molecule has 5 nitrogen and oxygen atoms in total. The van der Waals surface area contributed by atoms with Gasteiger partial charge in [0.15, 0.2) is 5.82 Å². The molecule has 0 radical (unpaired) electrons. The summed E-state index contributed by atoms with van der Waals surface area (Å²) in [5.41, 5.74) is 2.61. The third kappa shape index (κ3) is 3.76. The molecule has 1 aromatic carbocycles. The van der Waals surface area contributed by atoms with Crippen LogP contribution in [-0.2, 0) is 0 Å². The van der Waals surface area contributed by atoms with Gasteiger partial charge in [0.25, 0.3) is 5.91 Å². The van der Waals surface area contributed by atoms with E-state index in [2.05, 4.69) is 25.7 Å². The second-order valence-electron chi connectivity index (χ2n) is 6.41. The van der Waals surface area contributed by atoms with Crippen molar-refractivity contribution < 1.29 is 4.79 Å². The Bertz CT molecular complexity index is 954. The summed E-state index contributed by atoms with van der Waals surface area (Å²) >= 11 is 7.25. The Morgan fingerprint density at radius 2 is 2.15 bits per heavy atom. The zero-order valence-corrected chi connectivity index (χ0v) is 15.7. The summed E-state index contributed by atoms with van der Waals surface area (Å²) in [5.74, 6) is 1.08. The van der Waals surface area contributed by atoms with Crippen LogP contribution in [-0.4, -0.2) is 20.2 Å². The number of amides is 1. The minimum absolute atomic E-state index is 0.184. The maximum Gasteiger partial charge on any atom is 0.251 e. The lowest BCUT2D eigenvalue weighted by Gasteiger charge is -2.10. The number of hydrogen-bond donors (Lipinski definition) is 1. The highest BCUT2D eigenvalue weighted by atomic mass is 35.5. The van der Waals surface area contributed by atoms with E-state index in [0.717, 1.165) is 16.3 Å². The van der Waals surface area contributed by atoms with E-state index in [-0.39, 0.29) is 11.9 Å². The number of benzene rings is 1. The van der Waals surface area contributed by atoms with Gasteiger partial charge in [0.2, 0.25) is 0 Å².